The fourth-order valence-electron chi connectivity index (χ4n) is 2.09. The number of aromatic nitrogens is 1. The molecule has 1 unspecified atom stereocenters. The fraction of sp³-hybridized carbons (Fsp3) is 0.375. The van der Waals surface area contributed by atoms with E-state index in [1.165, 1.54) is 0 Å². The zero-order valence-corrected chi connectivity index (χ0v) is 12.6. The smallest absolute Gasteiger partial charge is 0.319 e. The van der Waals surface area contributed by atoms with Crippen molar-refractivity contribution in [1.82, 2.24) is 10.3 Å². The summed E-state index contributed by atoms with van der Waals surface area (Å²) in [5.41, 5.74) is 2.44. The Labute approximate surface area is 124 Å². The molecule has 2 amide bonds. The Morgan fingerprint density at radius 3 is 2.90 bits per heavy atom. The maximum Gasteiger partial charge on any atom is 0.319 e. The molecular weight excluding hydrogens is 266 g/mol. The minimum Gasteiger partial charge on any atom is -0.385 e. The third-order valence-electron chi connectivity index (χ3n) is 3.24. The topological polar surface area (TPSA) is 63.2 Å². The Bertz CT molecular complexity index is 628. The molecule has 112 valence electrons. The van der Waals surface area contributed by atoms with Crippen LogP contribution in [0.15, 0.2) is 30.3 Å². The number of rotatable bonds is 5. The zero-order valence-electron chi connectivity index (χ0n) is 12.6. The Kier molecular flexibility index (Phi) is 5.11. The normalized spacial score (nSPS) is 12.1. The minimum absolute atomic E-state index is 0.0506. The van der Waals surface area contributed by atoms with Crippen LogP contribution in [0.2, 0.25) is 0 Å². The number of aryl methyl sites for hydroxylation is 1. The largest absolute Gasteiger partial charge is 0.385 e. The maximum atomic E-state index is 12.0. The third kappa shape index (κ3) is 4.16. The van der Waals surface area contributed by atoms with Crippen molar-refractivity contribution in [3.05, 3.63) is 36.0 Å². The third-order valence-corrected chi connectivity index (χ3v) is 3.24. The summed E-state index contributed by atoms with van der Waals surface area (Å²) in [7, 11) is 1.65. The van der Waals surface area contributed by atoms with Crippen LogP contribution in [0.5, 0.6) is 0 Å². The molecule has 0 saturated heterocycles. The molecule has 0 fully saturated rings. The van der Waals surface area contributed by atoms with Gasteiger partial charge in [-0.2, -0.15) is 0 Å². The van der Waals surface area contributed by atoms with Crippen molar-refractivity contribution in [2.45, 2.75) is 26.3 Å². The summed E-state index contributed by atoms with van der Waals surface area (Å²) < 4.78 is 5.00. The number of nitrogens with zero attached hydrogens (tertiary/aromatic N) is 1. The molecule has 0 radical (unpaired) electrons. The summed E-state index contributed by atoms with van der Waals surface area (Å²) in [6.07, 6.45) is 0.775. The number of carbonyl (C=O) groups excluding carboxylic acids is 1. The van der Waals surface area contributed by atoms with Crippen LogP contribution in [0.25, 0.3) is 10.9 Å². The van der Waals surface area contributed by atoms with E-state index < -0.39 is 0 Å². The number of urea groups is 1. The average molecular weight is 287 g/mol. The zero-order chi connectivity index (χ0) is 15.2. The molecule has 2 N–H and O–H groups in total. The summed E-state index contributed by atoms with van der Waals surface area (Å²) in [4.78, 5) is 16.5. The minimum atomic E-state index is -0.227. The highest BCUT2D eigenvalue weighted by molar-refractivity contribution is 5.99. The van der Waals surface area contributed by atoms with Gasteiger partial charge in [0.2, 0.25) is 0 Å². The predicted octanol–water partition coefficient (Wildman–Crippen LogP) is 3.09. The van der Waals surface area contributed by atoms with E-state index in [4.69, 9.17) is 4.74 Å². The second kappa shape index (κ2) is 7.04. The van der Waals surface area contributed by atoms with Gasteiger partial charge >= 0.3 is 6.03 Å². The van der Waals surface area contributed by atoms with Gasteiger partial charge in [-0.3, -0.25) is 4.98 Å². The molecular formula is C16H21N3O2. The van der Waals surface area contributed by atoms with Gasteiger partial charge in [0.05, 0.1) is 11.2 Å². The highest BCUT2D eigenvalue weighted by Gasteiger charge is 2.09. The number of hydrogen-bond acceptors (Lipinski definition) is 3. The number of nitrogens with one attached hydrogen (secondary N) is 2. The van der Waals surface area contributed by atoms with Crippen molar-refractivity contribution >= 4 is 22.6 Å². The standard InChI is InChI=1S/C16H21N3O2/c1-11-7-8-13-5-4-6-14(15(13)17-11)19-16(20)18-12(2)9-10-21-3/h4-8,12H,9-10H2,1-3H3,(H2,18,19,20). The molecule has 1 aromatic carbocycles. The van der Waals surface area contributed by atoms with Crippen molar-refractivity contribution in [2.75, 3.05) is 19.0 Å². The van der Waals surface area contributed by atoms with Gasteiger partial charge in [0.15, 0.2) is 0 Å². The molecule has 1 heterocycles. The van der Waals surface area contributed by atoms with Crippen molar-refractivity contribution in [2.24, 2.45) is 0 Å². The first kappa shape index (κ1) is 15.3. The summed E-state index contributed by atoms with van der Waals surface area (Å²) in [6.45, 7) is 4.50. The molecule has 5 heteroatoms. The highest BCUT2D eigenvalue weighted by Crippen LogP contribution is 2.21. The number of ether oxygens (including phenoxy) is 1. The molecule has 0 aliphatic heterocycles. The lowest BCUT2D eigenvalue weighted by atomic mass is 10.2. The van der Waals surface area contributed by atoms with Gasteiger partial charge in [0, 0.05) is 30.8 Å². The van der Waals surface area contributed by atoms with Crippen molar-refractivity contribution in [3.8, 4) is 0 Å². The monoisotopic (exact) mass is 287 g/mol. The maximum absolute atomic E-state index is 12.0. The van der Waals surface area contributed by atoms with E-state index in [-0.39, 0.29) is 12.1 Å². The van der Waals surface area contributed by atoms with Crippen LogP contribution in [0.4, 0.5) is 10.5 Å². The number of methoxy groups -OCH3 is 1. The molecule has 21 heavy (non-hydrogen) atoms. The molecule has 0 saturated carbocycles. The highest BCUT2D eigenvalue weighted by atomic mass is 16.5. The number of amides is 2. The number of hydrogen-bond donors (Lipinski definition) is 2. The molecule has 0 aliphatic carbocycles. The van der Waals surface area contributed by atoms with Gasteiger partial charge < -0.3 is 15.4 Å². The number of pyridine rings is 1. The van der Waals surface area contributed by atoms with Crippen molar-refractivity contribution < 1.29 is 9.53 Å². The molecule has 1 aromatic heterocycles. The summed E-state index contributed by atoms with van der Waals surface area (Å²) in [6, 6.07) is 9.52. The van der Waals surface area contributed by atoms with E-state index in [2.05, 4.69) is 15.6 Å². The fourth-order valence-corrected chi connectivity index (χ4v) is 2.09. The molecule has 2 rings (SSSR count). The van der Waals surface area contributed by atoms with Gasteiger partial charge in [0.25, 0.3) is 0 Å². The lowest BCUT2D eigenvalue weighted by Crippen LogP contribution is -2.36. The quantitative estimate of drug-likeness (QED) is 0.888. The van der Waals surface area contributed by atoms with E-state index in [9.17, 15) is 4.79 Å². The van der Waals surface area contributed by atoms with Gasteiger partial charge in [0.1, 0.15) is 0 Å². The Morgan fingerprint density at radius 2 is 2.14 bits per heavy atom. The lowest BCUT2D eigenvalue weighted by Gasteiger charge is -2.15. The van der Waals surface area contributed by atoms with E-state index in [1.54, 1.807) is 7.11 Å². The van der Waals surface area contributed by atoms with E-state index in [1.807, 2.05) is 44.2 Å². The van der Waals surface area contributed by atoms with Crippen LogP contribution < -0.4 is 10.6 Å². The first-order valence-corrected chi connectivity index (χ1v) is 7.03. The van der Waals surface area contributed by atoms with Gasteiger partial charge in [-0.1, -0.05) is 18.2 Å². The first-order valence-electron chi connectivity index (χ1n) is 7.03. The number of fused-ring (bicyclic) bond motifs is 1. The van der Waals surface area contributed by atoms with Crippen LogP contribution in [0.1, 0.15) is 19.0 Å². The van der Waals surface area contributed by atoms with Crippen LogP contribution >= 0.6 is 0 Å². The number of anilines is 1. The van der Waals surface area contributed by atoms with E-state index >= 15 is 0 Å². The van der Waals surface area contributed by atoms with Crippen LogP contribution in [0, 0.1) is 6.92 Å². The van der Waals surface area contributed by atoms with Crippen LogP contribution in [-0.4, -0.2) is 30.8 Å². The van der Waals surface area contributed by atoms with Crippen molar-refractivity contribution in [3.63, 3.8) is 0 Å². The SMILES string of the molecule is COCCC(C)NC(=O)Nc1cccc2ccc(C)nc12. The average Bonchev–Trinajstić information content (AvgIpc) is 2.45. The molecule has 0 spiro atoms. The van der Waals surface area contributed by atoms with Gasteiger partial charge in [-0.25, -0.2) is 4.79 Å². The molecule has 1 atom stereocenters. The van der Waals surface area contributed by atoms with Gasteiger partial charge in [-0.15, -0.1) is 0 Å². The van der Waals surface area contributed by atoms with Crippen LogP contribution in [0.3, 0.4) is 0 Å². The Morgan fingerprint density at radius 1 is 1.33 bits per heavy atom. The number of benzene rings is 1. The Balaban J connectivity index is 2.09. The van der Waals surface area contributed by atoms with Gasteiger partial charge in [-0.05, 0) is 32.4 Å². The molecule has 2 aromatic rings. The molecule has 5 nitrogen and oxygen atoms in total. The second-order valence-electron chi connectivity index (χ2n) is 5.11. The summed E-state index contributed by atoms with van der Waals surface area (Å²) >= 11 is 0. The first-order chi connectivity index (χ1) is 10.1. The van der Waals surface area contributed by atoms with E-state index in [0.717, 1.165) is 23.0 Å². The molecule has 0 aliphatic rings. The Hall–Kier alpha value is -2.14. The second-order valence-corrected chi connectivity index (χ2v) is 5.11. The summed E-state index contributed by atoms with van der Waals surface area (Å²) in [5, 5.41) is 6.76. The van der Waals surface area contributed by atoms with E-state index in [0.29, 0.717) is 12.3 Å². The number of carbonyl (C=O) groups is 1. The number of para-hydroxylation sites is 1. The lowest BCUT2D eigenvalue weighted by molar-refractivity contribution is 0.185. The molecule has 0 bridgehead atoms. The predicted molar refractivity (Wildman–Crippen MR) is 84.6 cm³/mol. The summed E-state index contributed by atoms with van der Waals surface area (Å²) in [5.74, 6) is 0. The van der Waals surface area contributed by atoms with Crippen molar-refractivity contribution in [1.29, 1.82) is 0 Å². The van der Waals surface area contributed by atoms with Crippen LogP contribution in [-0.2, 0) is 4.74 Å².